The van der Waals surface area contributed by atoms with Crippen molar-refractivity contribution in [3.8, 4) is 0 Å². The molecule has 1 heterocycles. The Kier molecular flexibility index (Phi) is 4.22. The lowest BCUT2D eigenvalue weighted by atomic mass is 9.98. The minimum Gasteiger partial charge on any atom is -0.307 e. The molecule has 2 atom stereocenters. The first-order chi connectivity index (χ1) is 11.5. The van der Waals surface area contributed by atoms with Crippen molar-refractivity contribution in [2.45, 2.75) is 69.2 Å². The third-order valence-corrected chi connectivity index (χ3v) is 8.41. The van der Waals surface area contributed by atoms with E-state index in [0.29, 0.717) is 31.1 Å². The molecule has 132 valence electrons. The molecule has 1 N–H and O–H groups in total. The van der Waals surface area contributed by atoms with Crippen molar-refractivity contribution in [3.63, 3.8) is 0 Å². The predicted octanol–water partition coefficient (Wildman–Crippen LogP) is 3.09. The van der Waals surface area contributed by atoms with Gasteiger partial charge in [0.2, 0.25) is 10.0 Å². The fourth-order valence-corrected chi connectivity index (χ4v) is 6.45. The number of rotatable bonds is 4. The molecule has 2 aliphatic carbocycles. The lowest BCUT2D eigenvalue weighted by Gasteiger charge is -2.33. The quantitative estimate of drug-likeness (QED) is 0.910. The van der Waals surface area contributed by atoms with Gasteiger partial charge in [-0.05, 0) is 61.6 Å². The molecule has 0 radical (unpaired) electrons. The van der Waals surface area contributed by atoms with Crippen LogP contribution >= 0.6 is 0 Å². The Morgan fingerprint density at radius 1 is 1.12 bits per heavy atom. The van der Waals surface area contributed by atoms with Gasteiger partial charge in [-0.1, -0.05) is 25.1 Å². The minimum atomic E-state index is -3.00. The van der Waals surface area contributed by atoms with Gasteiger partial charge in [-0.2, -0.15) is 0 Å². The second-order valence-electron chi connectivity index (χ2n) is 7.85. The molecule has 4 rings (SSSR count). The fourth-order valence-electron chi connectivity index (χ4n) is 4.57. The lowest BCUT2D eigenvalue weighted by Crippen LogP contribution is -2.46. The van der Waals surface area contributed by atoms with Crippen molar-refractivity contribution in [1.82, 2.24) is 9.62 Å². The number of sulfonamides is 1. The van der Waals surface area contributed by atoms with Gasteiger partial charge in [0.05, 0.1) is 5.25 Å². The highest BCUT2D eigenvalue weighted by atomic mass is 32.2. The first-order valence-electron chi connectivity index (χ1n) is 9.31. The van der Waals surface area contributed by atoms with Gasteiger partial charge >= 0.3 is 0 Å². The summed E-state index contributed by atoms with van der Waals surface area (Å²) >= 11 is 0. The highest BCUT2D eigenvalue weighted by molar-refractivity contribution is 7.90. The average molecular weight is 349 g/mol. The molecule has 0 amide bonds. The second kappa shape index (κ2) is 6.11. The van der Waals surface area contributed by atoms with Crippen LogP contribution in [0.4, 0.5) is 0 Å². The molecule has 0 aromatic heterocycles. The number of nitrogens with one attached hydrogen (secondary N) is 1. The van der Waals surface area contributed by atoms with E-state index in [1.165, 1.54) is 16.7 Å². The Morgan fingerprint density at radius 3 is 2.50 bits per heavy atom. The van der Waals surface area contributed by atoms with Crippen molar-refractivity contribution in [1.29, 1.82) is 0 Å². The van der Waals surface area contributed by atoms with E-state index in [2.05, 4.69) is 37.4 Å². The number of aryl methyl sites for hydroxylation is 1. The van der Waals surface area contributed by atoms with Gasteiger partial charge in [0.1, 0.15) is 0 Å². The molecular formula is C19H28N2O2S. The normalized spacial score (nSPS) is 28.9. The minimum absolute atomic E-state index is 0.0763. The summed E-state index contributed by atoms with van der Waals surface area (Å²) in [6, 6.07) is 7.48. The van der Waals surface area contributed by atoms with Crippen molar-refractivity contribution in [2.24, 2.45) is 0 Å². The molecule has 1 aliphatic heterocycles. The van der Waals surface area contributed by atoms with E-state index >= 15 is 0 Å². The number of benzene rings is 1. The Morgan fingerprint density at radius 2 is 1.83 bits per heavy atom. The molecule has 5 heteroatoms. The van der Waals surface area contributed by atoms with Crippen LogP contribution in [0.3, 0.4) is 0 Å². The largest absolute Gasteiger partial charge is 0.307 e. The highest BCUT2D eigenvalue weighted by Crippen LogP contribution is 2.42. The first-order valence-corrected chi connectivity index (χ1v) is 10.8. The molecule has 0 spiro atoms. The van der Waals surface area contributed by atoms with Gasteiger partial charge in [-0.3, -0.25) is 0 Å². The third kappa shape index (κ3) is 2.91. The topological polar surface area (TPSA) is 49.4 Å². The smallest absolute Gasteiger partial charge is 0.216 e. The Balaban J connectivity index is 1.39. The molecule has 0 bridgehead atoms. The number of nitrogens with zero attached hydrogens (tertiary/aromatic N) is 1. The van der Waals surface area contributed by atoms with Gasteiger partial charge in [0.15, 0.2) is 0 Å². The predicted molar refractivity (Wildman–Crippen MR) is 96.6 cm³/mol. The van der Waals surface area contributed by atoms with Crippen LogP contribution in [-0.2, 0) is 10.0 Å². The second-order valence-corrected chi connectivity index (χ2v) is 10.1. The van der Waals surface area contributed by atoms with E-state index in [1.54, 1.807) is 4.31 Å². The van der Waals surface area contributed by atoms with Crippen molar-refractivity contribution < 1.29 is 8.42 Å². The number of hydrogen-bond acceptors (Lipinski definition) is 3. The Labute approximate surface area is 145 Å². The monoisotopic (exact) mass is 348 g/mol. The van der Waals surface area contributed by atoms with Crippen LogP contribution in [0.15, 0.2) is 18.2 Å². The maximum Gasteiger partial charge on any atom is 0.216 e. The van der Waals surface area contributed by atoms with Gasteiger partial charge in [0, 0.05) is 25.2 Å². The zero-order valence-electron chi connectivity index (χ0n) is 14.7. The van der Waals surface area contributed by atoms with E-state index in [0.717, 1.165) is 32.1 Å². The zero-order chi connectivity index (χ0) is 16.9. The van der Waals surface area contributed by atoms with E-state index in [9.17, 15) is 8.42 Å². The van der Waals surface area contributed by atoms with Gasteiger partial charge in [-0.15, -0.1) is 0 Å². The third-order valence-electron chi connectivity index (χ3n) is 6.01. The fraction of sp³-hybridized carbons (Fsp3) is 0.684. The maximum absolute atomic E-state index is 12.3. The van der Waals surface area contributed by atoms with Crippen molar-refractivity contribution in [2.75, 3.05) is 13.1 Å². The zero-order valence-corrected chi connectivity index (χ0v) is 15.5. The summed E-state index contributed by atoms with van der Waals surface area (Å²) in [5.41, 5.74) is 4.37. The lowest BCUT2D eigenvalue weighted by molar-refractivity contribution is 0.271. The Hall–Kier alpha value is -0.910. The first kappa shape index (κ1) is 16.6. The molecule has 1 aromatic carbocycles. The molecule has 3 aliphatic rings. The van der Waals surface area contributed by atoms with Crippen LogP contribution in [0.5, 0.6) is 0 Å². The van der Waals surface area contributed by atoms with E-state index in [1.807, 2.05) is 0 Å². The summed E-state index contributed by atoms with van der Waals surface area (Å²) in [7, 11) is -3.00. The van der Waals surface area contributed by atoms with Crippen LogP contribution in [0.1, 0.15) is 67.7 Å². The summed E-state index contributed by atoms with van der Waals surface area (Å²) in [5.74, 6) is 0.606. The summed E-state index contributed by atoms with van der Waals surface area (Å²) in [5, 5.41) is 3.75. The summed E-state index contributed by atoms with van der Waals surface area (Å²) in [6.07, 6.45) is 4.73. The molecule has 4 nitrogen and oxygen atoms in total. The molecule has 24 heavy (non-hydrogen) atoms. The van der Waals surface area contributed by atoms with Crippen molar-refractivity contribution >= 4 is 10.0 Å². The summed E-state index contributed by atoms with van der Waals surface area (Å²) < 4.78 is 26.4. The summed E-state index contributed by atoms with van der Waals surface area (Å²) in [6.45, 7) is 5.89. The number of fused-ring (bicyclic) bond motifs is 1. The van der Waals surface area contributed by atoms with Crippen LogP contribution in [0.25, 0.3) is 0 Å². The van der Waals surface area contributed by atoms with Crippen LogP contribution in [0, 0.1) is 6.92 Å². The van der Waals surface area contributed by atoms with Crippen LogP contribution < -0.4 is 5.32 Å². The number of piperidine rings is 1. The SMILES string of the molecule is Cc1cccc2c1[C@H](C)C[C@@H]2NC1CCN(S(=O)(=O)C2CC2)CC1. The molecule has 0 unspecified atom stereocenters. The molecule has 1 aromatic rings. The molecule has 1 saturated carbocycles. The van der Waals surface area contributed by atoms with E-state index in [-0.39, 0.29) is 5.25 Å². The molecule has 1 saturated heterocycles. The van der Waals surface area contributed by atoms with Gasteiger partial charge in [-0.25, -0.2) is 12.7 Å². The van der Waals surface area contributed by atoms with Gasteiger partial charge in [0.25, 0.3) is 0 Å². The van der Waals surface area contributed by atoms with Crippen LogP contribution in [-0.4, -0.2) is 37.1 Å². The van der Waals surface area contributed by atoms with E-state index in [4.69, 9.17) is 0 Å². The molecular weight excluding hydrogens is 320 g/mol. The average Bonchev–Trinajstić information content (AvgIpc) is 3.35. The number of hydrogen-bond donors (Lipinski definition) is 1. The molecule has 2 fully saturated rings. The van der Waals surface area contributed by atoms with Gasteiger partial charge < -0.3 is 5.32 Å². The van der Waals surface area contributed by atoms with Crippen LogP contribution in [0.2, 0.25) is 0 Å². The summed E-state index contributed by atoms with van der Waals surface area (Å²) in [4.78, 5) is 0. The van der Waals surface area contributed by atoms with E-state index < -0.39 is 10.0 Å². The maximum atomic E-state index is 12.3. The van der Waals surface area contributed by atoms with Crippen molar-refractivity contribution in [3.05, 3.63) is 34.9 Å². The standard InChI is InChI=1S/C19H28N2O2S/c1-13-4-3-5-17-18(12-14(2)19(13)17)20-15-8-10-21(11-9-15)24(22,23)16-6-7-16/h3-5,14-16,18,20H,6-12H2,1-2H3/t14-,18+/m1/s1. The highest BCUT2D eigenvalue weighted by Gasteiger charge is 2.41. The Bertz CT molecular complexity index is 719.